The van der Waals surface area contributed by atoms with Crippen molar-refractivity contribution < 1.29 is 18.4 Å². The van der Waals surface area contributed by atoms with Gasteiger partial charge in [-0.15, -0.1) is 0 Å². The number of halogens is 1. The zero-order chi connectivity index (χ0) is 19.6. The maximum absolute atomic E-state index is 13.4. The largest absolute Gasteiger partial charge is 0.447 e. The van der Waals surface area contributed by atoms with Crippen LogP contribution >= 0.6 is 0 Å². The summed E-state index contributed by atoms with van der Waals surface area (Å²) < 4.78 is 18.9. The van der Waals surface area contributed by atoms with Gasteiger partial charge in [-0.05, 0) is 37.5 Å². The van der Waals surface area contributed by atoms with Gasteiger partial charge in [0, 0.05) is 30.0 Å². The van der Waals surface area contributed by atoms with Crippen LogP contribution in [0.5, 0.6) is 0 Å². The first-order valence-electron chi connectivity index (χ1n) is 9.05. The number of hydrogen-bond donors (Lipinski definition) is 1. The zero-order valence-electron chi connectivity index (χ0n) is 15.1. The Balaban J connectivity index is 1.46. The Morgan fingerprint density at radius 2 is 2.14 bits per heavy atom. The fourth-order valence-electron chi connectivity index (χ4n) is 4.53. The van der Waals surface area contributed by atoms with Gasteiger partial charge < -0.3 is 15.1 Å². The van der Waals surface area contributed by atoms with E-state index in [1.165, 1.54) is 18.5 Å². The Morgan fingerprint density at radius 3 is 2.93 bits per heavy atom. The van der Waals surface area contributed by atoms with E-state index in [1.807, 2.05) is 4.90 Å². The van der Waals surface area contributed by atoms with Crippen LogP contribution in [-0.4, -0.2) is 39.3 Å². The second-order valence-corrected chi connectivity index (χ2v) is 7.43. The number of primary amides is 1. The smallest absolute Gasteiger partial charge is 0.270 e. The summed E-state index contributed by atoms with van der Waals surface area (Å²) in [5.74, 6) is -0.507. The predicted octanol–water partition coefficient (Wildman–Crippen LogP) is 2.40. The summed E-state index contributed by atoms with van der Waals surface area (Å²) in [5.41, 5.74) is 7.09. The first-order chi connectivity index (χ1) is 13.4. The molecule has 8 heteroatoms. The van der Waals surface area contributed by atoms with Gasteiger partial charge in [0.1, 0.15) is 11.6 Å². The van der Waals surface area contributed by atoms with Crippen molar-refractivity contribution in [3.63, 3.8) is 0 Å². The number of rotatable bonds is 3. The average molecular weight is 380 g/mol. The van der Waals surface area contributed by atoms with Gasteiger partial charge in [0.05, 0.1) is 16.8 Å². The summed E-state index contributed by atoms with van der Waals surface area (Å²) in [4.78, 5) is 34.9. The van der Waals surface area contributed by atoms with Gasteiger partial charge in [0.15, 0.2) is 12.1 Å². The van der Waals surface area contributed by atoms with Crippen molar-refractivity contribution in [3.8, 4) is 0 Å². The number of oxazole rings is 1. The summed E-state index contributed by atoms with van der Waals surface area (Å²) in [6.45, 7) is 2.32. The molecule has 1 aromatic carbocycles. The van der Waals surface area contributed by atoms with Crippen LogP contribution in [0.15, 0.2) is 35.1 Å². The van der Waals surface area contributed by atoms with E-state index in [0.717, 1.165) is 6.42 Å². The molecule has 0 spiro atoms. The molecule has 7 nitrogen and oxygen atoms in total. The molecule has 2 aliphatic heterocycles. The highest BCUT2D eigenvalue weighted by Crippen LogP contribution is 2.53. The Labute approximate surface area is 159 Å². The van der Waals surface area contributed by atoms with Crippen molar-refractivity contribution in [2.75, 3.05) is 6.54 Å². The van der Waals surface area contributed by atoms with Crippen LogP contribution in [0.4, 0.5) is 4.39 Å². The summed E-state index contributed by atoms with van der Waals surface area (Å²) in [5, 5.41) is 0.713. The Bertz CT molecular complexity index is 1140. The zero-order valence-corrected chi connectivity index (χ0v) is 15.1. The van der Waals surface area contributed by atoms with Crippen LogP contribution in [-0.2, 0) is 0 Å². The lowest BCUT2D eigenvalue weighted by molar-refractivity contribution is 0.0728. The van der Waals surface area contributed by atoms with Gasteiger partial charge in [-0.25, -0.2) is 9.37 Å². The molecule has 1 aliphatic carbocycles. The second-order valence-electron chi connectivity index (χ2n) is 7.43. The molecule has 3 aliphatic rings. The minimum absolute atomic E-state index is 0.0631. The molecular weight excluding hydrogens is 363 g/mol. The van der Waals surface area contributed by atoms with E-state index in [2.05, 4.69) is 9.97 Å². The number of fused-ring (bicyclic) bond motifs is 2. The molecule has 3 atom stereocenters. The van der Waals surface area contributed by atoms with Crippen LogP contribution in [0.3, 0.4) is 0 Å². The minimum Gasteiger partial charge on any atom is -0.447 e. The molecule has 28 heavy (non-hydrogen) atoms. The number of hydrogen-bond acceptors (Lipinski definition) is 5. The highest BCUT2D eigenvalue weighted by atomic mass is 19.1. The third-order valence-electron chi connectivity index (χ3n) is 5.89. The van der Waals surface area contributed by atoms with Crippen LogP contribution < -0.4 is 5.73 Å². The number of nitrogens with zero attached hydrogens (tertiary/aromatic N) is 3. The molecular formula is C20H17FN4O3. The van der Waals surface area contributed by atoms with Crippen molar-refractivity contribution in [2.24, 2.45) is 11.7 Å². The lowest BCUT2D eigenvalue weighted by Gasteiger charge is -2.35. The molecule has 2 bridgehead atoms. The normalized spacial score (nSPS) is 23.1. The summed E-state index contributed by atoms with van der Waals surface area (Å²) in [7, 11) is 0. The number of aryl methyl sites for hydroxylation is 1. The van der Waals surface area contributed by atoms with E-state index >= 15 is 0 Å². The van der Waals surface area contributed by atoms with E-state index in [1.54, 1.807) is 19.1 Å². The van der Waals surface area contributed by atoms with Crippen molar-refractivity contribution in [1.82, 2.24) is 14.9 Å². The number of aromatic nitrogens is 2. The molecule has 142 valence electrons. The average Bonchev–Trinajstić information content (AvgIpc) is 3.35. The van der Waals surface area contributed by atoms with E-state index < -0.39 is 5.91 Å². The molecule has 1 saturated carbocycles. The first-order valence-corrected chi connectivity index (χ1v) is 9.05. The van der Waals surface area contributed by atoms with Gasteiger partial charge in [-0.1, -0.05) is 0 Å². The van der Waals surface area contributed by atoms with Gasteiger partial charge in [0.25, 0.3) is 11.8 Å². The summed E-state index contributed by atoms with van der Waals surface area (Å²) in [6.07, 6.45) is 2.07. The van der Waals surface area contributed by atoms with E-state index in [-0.39, 0.29) is 35.3 Å². The topological polar surface area (TPSA) is 102 Å². The molecule has 3 aromatic rings. The van der Waals surface area contributed by atoms with Crippen molar-refractivity contribution in [1.29, 1.82) is 0 Å². The minimum atomic E-state index is -0.630. The van der Waals surface area contributed by atoms with Crippen LogP contribution in [0.2, 0.25) is 0 Å². The Morgan fingerprint density at radius 1 is 1.32 bits per heavy atom. The molecule has 2 N–H and O–H groups in total. The molecule has 2 aromatic heterocycles. The standard InChI is InChI=1S/C20H17FN4O3/c1-9-13(4-10-2-3-12(21)6-14(10)24-9)20(27)25-7-11-5-15(25)16(11)18-17(19(22)26)23-8-28-18/h2-4,6,8,11,15-16H,5,7H2,1H3,(H2,22,26). The van der Waals surface area contributed by atoms with E-state index in [4.69, 9.17) is 10.2 Å². The number of benzene rings is 1. The van der Waals surface area contributed by atoms with Gasteiger partial charge in [-0.2, -0.15) is 0 Å². The fourth-order valence-corrected chi connectivity index (χ4v) is 4.53. The SMILES string of the molecule is Cc1nc2cc(F)ccc2cc1C(=O)N1CC2CC1C2c1ocnc1C(N)=O. The molecule has 6 rings (SSSR count). The summed E-state index contributed by atoms with van der Waals surface area (Å²) >= 11 is 0. The quantitative estimate of drug-likeness (QED) is 0.752. The Kier molecular flexibility index (Phi) is 3.52. The Hall–Kier alpha value is -3.29. The highest BCUT2D eigenvalue weighted by Gasteiger charge is 2.56. The molecule has 0 radical (unpaired) electrons. The van der Waals surface area contributed by atoms with E-state index in [0.29, 0.717) is 34.5 Å². The second kappa shape index (κ2) is 5.85. The molecule has 4 heterocycles. The predicted molar refractivity (Wildman–Crippen MR) is 97.1 cm³/mol. The van der Waals surface area contributed by atoms with Crippen molar-refractivity contribution >= 4 is 22.7 Å². The van der Waals surface area contributed by atoms with Gasteiger partial charge in [-0.3, -0.25) is 14.6 Å². The van der Waals surface area contributed by atoms with Crippen LogP contribution in [0.1, 0.15) is 44.6 Å². The molecule has 2 amide bonds. The molecule has 2 saturated heterocycles. The third kappa shape index (κ3) is 2.33. The van der Waals surface area contributed by atoms with Crippen LogP contribution in [0, 0.1) is 18.7 Å². The number of amides is 2. The number of carbonyl (C=O) groups is 2. The monoisotopic (exact) mass is 380 g/mol. The number of pyridine rings is 1. The molecule has 3 unspecified atom stereocenters. The first kappa shape index (κ1) is 16.9. The molecule has 3 fully saturated rings. The number of nitrogens with two attached hydrogens (primary N) is 1. The van der Waals surface area contributed by atoms with E-state index in [9.17, 15) is 14.0 Å². The number of carbonyl (C=O) groups excluding carboxylic acids is 2. The van der Waals surface area contributed by atoms with Gasteiger partial charge in [0.2, 0.25) is 0 Å². The van der Waals surface area contributed by atoms with Gasteiger partial charge >= 0.3 is 0 Å². The maximum Gasteiger partial charge on any atom is 0.270 e. The van der Waals surface area contributed by atoms with Crippen LogP contribution in [0.25, 0.3) is 10.9 Å². The fraction of sp³-hybridized carbons (Fsp3) is 0.300. The van der Waals surface area contributed by atoms with Crippen molar-refractivity contribution in [2.45, 2.75) is 25.3 Å². The third-order valence-corrected chi connectivity index (χ3v) is 5.89. The van der Waals surface area contributed by atoms with Crippen molar-refractivity contribution in [3.05, 3.63) is 59.2 Å². The lowest BCUT2D eigenvalue weighted by Crippen LogP contribution is -2.40. The maximum atomic E-state index is 13.4. The lowest BCUT2D eigenvalue weighted by atomic mass is 9.72. The summed E-state index contributed by atoms with van der Waals surface area (Å²) in [6, 6.07) is 6.02. The highest BCUT2D eigenvalue weighted by molar-refractivity contribution is 5.99.